The number of unbranched alkanes of at least 4 members (excludes halogenated alkanes) is 2. The molecule has 11 heteroatoms. The van der Waals surface area contributed by atoms with Gasteiger partial charge in [-0.3, -0.25) is 0 Å². The number of hydrogen-bond acceptors (Lipinski definition) is 11. The minimum atomic E-state index is -0.593. The maximum Gasteiger partial charge on any atom is 0.343 e. The van der Waals surface area contributed by atoms with Gasteiger partial charge in [-0.1, -0.05) is 13.2 Å². The fourth-order valence-electron chi connectivity index (χ4n) is 5.12. The van der Waals surface area contributed by atoms with Crippen LogP contribution in [0.1, 0.15) is 82.5 Å². The molecule has 0 heterocycles. The Hall–Kier alpha value is -5.58. The van der Waals surface area contributed by atoms with Crippen LogP contribution in [0.3, 0.4) is 0 Å². The molecule has 0 saturated heterocycles. The van der Waals surface area contributed by atoms with Crippen LogP contribution in [0.15, 0.2) is 67.8 Å². The smallest absolute Gasteiger partial charge is 0.343 e. The SMILES string of the molecule is C=CC(=O)OCCCCOc1c(C)cc(C(=O)Oc2ccc(OC(=O)c3cc(C)c(OCCCCOC(=O)C=C)c(C)c3)c(OC(C)C)c2)cc1C. The normalized spacial score (nSPS) is 10.6. The molecule has 0 aromatic heterocycles. The van der Waals surface area contributed by atoms with E-state index in [0.29, 0.717) is 61.5 Å². The maximum absolute atomic E-state index is 13.3. The van der Waals surface area contributed by atoms with E-state index in [1.54, 1.807) is 24.3 Å². The standard InChI is InChI=1S/C41H48O11/c1-9-36(42)46-17-11-13-19-48-38-27(5)21-31(22-28(38)6)40(44)51-33-15-16-34(35(25-33)50-26(3)4)52-41(45)32-23-29(7)39(30(8)24-32)49-20-14-12-18-47-37(43)10-2/h9-10,15-16,21-26H,1-2,11-14,17-20H2,3-8H3. The first-order valence-electron chi connectivity index (χ1n) is 17.1. The van der Waals surface area contributed by atoms with Gasteiger partial charge in [-0.15, -0.1) is 0 Å². The summed E-state index contributed by atoms with van der Waals surface area (Å²) in [6, 6.07) is 11.3. The van der Waals surface area contributed by atoms with E-state index in [-0.39, 0.29) is 36.6 Å². The number of ether oxygens (including phenoxy) is 7. The lowest BCUT2D eigenvalue weighted by molar-refractivity contribution is -0.138. The van der Waals surface area contributed by atoms with Crippen molar-refractivity contribution in [3.63, 3.8) is 0 Å². The molecule has 0 fully saturated rings. The van der Waals surface area contributed by atoms with Crippen LogP contribution < -0.4 is 23.7 Å². The maximum atomic E-state index is 13.3. The quantitative estimate of drug-likeness (QED) is 0.0489. The molecule has 0 aliphatic carbocycles. The predicted octanol–water partition coefficient (Wildman–Crippen LogP) is 7.92. The molecule has 3 aromatic carbocycles. The van der Waals surface area contributed by atoms with Gasteiger partial charge >= 0.3 is 23.9 Å². The van der Waals surface area contributed by atoms with Crippen LogP contribution in [0.4, 0.5) is 0 Å². The van der Waals surface area contributed by atoms with E-state index in [1.807, 2.05) is 41.5 Å². The molecular formula is C41H48O11. The highest BCUT2D eigenvalue weighted by Gasteiger charge is 2.20. The third-order valence-corrected chi connectivity index (χ3v) is 7.48. The summed E-state index contributed by atoms with van der Waals surface area (Å²) in [7, 11) is 0. The molecule has 3 rings (SSSR count). The molecule has 0 atom stereocenters. The first-order chi connectivity index (χ1) is 24.8. The number of hydrogen-bond donors (Lipinski definition) is 0. The van der Waals surface area contributed by atoms with Crippen LogP contribution in [-0.4, -0.2) is 56.4 Å². The fourth-order valence-corrected chi connectivity index (χ4v) is 5.12. The Bertz CT molecular complexity index is 1710. The van der Waals surface area contributed by atoms with Crippen LogP contribution >= 0.6 is 0 Å². The van der Waals surface area contributed by atoms with Crippen molar-refractivity contribution in [3.05, 3.63) is 101 Å². The Balaban J connectivity index is 1.64. The molecule has 0 saturated carbocycles. The van der Waals surface area contributed by atoms with Crippen molar-refractivity contribution in [2.75, 3.05) is 26.4 Å². The van der Waals surface area contributed by atoms with Crippen LogP contribution in [0.5, 0.6) is 28.7 Å². The first-order valence-corrected chi connectivity index (χ1v) is 17.1. The second-order valence-electron chi connectivity index (χ2n) is 12.3. The summed E-state index contributed by atoms with van der Waals surface area (Å²) in [5.41, 5.74) is 3.74. The lowest BCUT2D eigenvalue weighted by Crippen LogP contribution is -2.14. The van der Waals surface area contributed by atoms with Gasteiger partial charge < -0.3 is 33.2 Å². The summed E-state index contributed by atoms with van der Waals surface area (Å²) in [6.45, 7) is 19.2. The van der Waals surface area contributed by atoms with E-state index in [9.17, 15) is 19.2 Å². The van der Waals surface area contributed by atoms with Crippen molar-refractivity contribution >= 4 is 23.9 Å². The highest BCUT2D eigenvalue weighted by Crippen LogP contribution is 2.34. The van der Waals surface area contributed by atoms with Crippen molar-refractivity contribution in [3.8, 4) is 28.7 Å². The largest absolute Gasteiger partial charge is 0.493 e. The minimum absolute atomic E-state index is 0.165. The Morgan fingerprint density at radius 2 is 1.02 bits per heavy atom. The van der Waals surface area contributed by atoms with Crippen LogP contribution in [0.2, 0.25) is 0 Å². The number of aryl methyl sites for hydroxylation is 4. The Kier molecular flexibility index (Phi) is 16.0. The summed E-state index contributed by atoms with van der Waals surface area (Å²) in [5.74, 6) is -0.131. The molecule has 0 radical (unpaired) electrons. The van der Waals surface area contributed by atoms with Gasteiger partial charge in [-0.25, -0.2) is 19.2 Å². The fraction of sp³-hybridized carbons (Fsp3) is 0.366. The highest BCUT2D eigenvalue weighted by molar-refractivity contribution is 5.93. The average Bonchev–Trinajstić information content (AvgIpc) is 3.09. The summed E-state index contributed by atoms with van der Waals surface area (Å²) < 4.78 is 39.3. The van der Waals surface area contributed by atoms with Crippen molar-refractivity contribution < 1.29 is 52.3 Å². The number of benzene rings is 3. The van der Waals surface area contributed by atoms with Gasteiger partial charge in [0.25, 0.3) is 0 Å². The molecule has 11 nitrogen and oxygen atoms in total. The van der Waals surface area contributed by atoms with Gasteiger partial charge in [0.1, 0.15) is 17.2 Å². The summed E-state index contributed by atoms with van der Waals surface area (Å²) in [5, 5.41) is 0. The molecule has 0 N–H and O–H groups in total. The Morgan fingerprint density at radius 1 is 0.596 bits per heavy atom. The third kappa shape index (κ3) is 12.6. The van der Waals surface area contributed by atoms with E-state index < -0.39 is 23.9 Å². The molecule has 0 aliphatic rings. The molecular weight excluding hydrogens is 668 g/mol. The lowest BCUT2D eigenvalue weighted by atomic mass is 10.1. The molecule has 0 bridgehead atoms. The third-order valence-electron chi connectivity index (χ3n) is 7.48. The zero-order valence-electron chi connectivity index (χ0n) is 30.8. The van der Waals surface area contributed by atoms with E-state index in [4.69, 9.17) is 33.2 Å². The summed E-state index contributed by atoms with van der Waals surface area (Å²) >= 11 is 0. The lowest BCUT2D eigenvalue weighted by Gasteiger charge is -2.17. The van der Waals surface area contributed by atoms with Crippen LogP contribution in [0, 0.1) is 27.7 Å². The molecule has 0 amide bonds. The average molecular weight is 717 g/mol. The van der Waals surface area contributed by atoms with E-state index in [1.165, 1.54) is 18.2 Å². The molecule has 0 spiro atoms. The van der Waals surface area contributed by atoms with Gasteiger partial charge in [0.05, 0.1) is 43.7 Å². The van der Waals surface area contributed by atoms with Gasteiger partial charge in [0.2, 0.25) is 0 Å². The zero-order valence-corrected chi connectivity index (χ0v) is 30.8. The Labute approximate surface area is 305 Å². The van der Waals surface area contributed by atoms with E-state index in [2.05, 4.69) is 13.2 Å². The first kappa shape index (κ1) is 40.8. The van der Waals surface area contributed by atoms with Gasteiger partial charge in [0, 0.05) is 18.2 Å². The number of carbonyl (C=O) groups is 4. The minimum Gasteiger partial charge on any atom is -0.493 e. The van der Waals surface area contributed by atoms with E-state index in [0.717, 1.165) is 34.4 Å². The molecule has 0 aliphatic heterocycles. The van der Waals surface area contributed by atoms with Crippen LogP contribution in [-0.2, 0) is 19.1 Å². The topological polar surface area (TPSA) is 133 Å². The van der Waals surface area contributed by atoms with Crippen molar-refractivity contribution in [1.29, 1.82) is 0 Å². The monoisotopic (exact) mass is 716 g/mol. The van der Waals surface area contributed by atoms with E-state index >= 15 is 0 Å². The van der Waals surface area contributed by atoms with Gasteiger partial charge in [0.15, 0.2) is 11.5 Å². The number of esters is 4. The molecule has 0 unspecified atom stereocenters. The van der Waals surface area contributed by atoms with Crippen molar-refractivity contribution in [1.82, 2.24) is 0 Å². The second-order valence-corrected chi connectivity index (χ2v) is 12.3. The highest BCUT2D eigenvalue weighted by atomic mass is 16.6. The number of rotatable bonds is 20. The summed E-state index contributed by atoms with van der Waals surface area (Å²) in [6.07, 6.45) is 4.63. The van der Waals surface area contributed by atoms with Crippen LogP contribution in [0.25, 0.3) is 0 Å². The van der Waals surface area contributed by atoms with Gasteiger partial charge in [-0.2, -0.15) is 0 Å². The summed E-state index contributed by atoms with van der Waals surface area (Å²) in [4.78, 5) is 48.8. The number of carbonyl (C=O) groups excluding carboxylic acids is 4. The predicted molar refractivity (Wildman–Crippen MR) is 196 cm³/mol. The van der Waals surface area contributed by atoms with Crippen molar-refractivity contribution in [2.24, 2.45) is 0 Å². The van der Waals surface area contributed by atoms with Crippen molar-refractivity contribution in [2.45, 2.75) is 73.3 Å². The Morgan fingerprint density at radius 3 is 1.44 bits per heavy atom. The molecule has 52 heavy (non-hydrogen) atoms. The second kappa shape index (κ2) is 20.3. The molecule has 3 aromatic rings. The zero-order chi connectivity index (χ0) is 38.2. The molecule has 278 valence electrons. The van der Waals surface area contributed by atoms with Gasteiger partial charge in [-0.05, 0) is 126 Å².